The number of aromatic nitrogens is 4. The molecule has 0 unspecified atom stereocenters. The zero-order valence-electron chi connectivity index (χ0n) is 14.1. The molecule has 0 bridgehead atoms. The van der Waals surface area contributed by atoms with Gasteiger partial charge in [0.2, 0.25) is 5.95 Å². The van der Waals surface area contributed by atoms with Gasteiger partial charge in [0.05, 0.1) is 23.0 Å². The van der Waals surface area contributed by atoms with Crippen LogP contribution >= 0.6 is 11.6 Å². The summed E-state index contributed by atoms with van der Waals surface area (Å²) >= 11 is 5.89. The number of benzene rings is 1. The Morgan fingerprint density at radius 3 is 2.72 bits per heavy atom. The van der Waals surface area contributed by atoms with Crippen molar-refractivity contribution in [2.45, 2.75) is 32.4 Å². The Bertz CT molecular complexity index is 890. The first-order chi connectivity index (χ1) is 12.0. The summed E-state index contributed by atoms with van der Waals surface area (Å²) in [7, 11) is 0. The van der Waals surface area contributed by atoms with Crippen LogP contribution in [0.5, 0.6) is 0 Å². The Balaban J connectivity index is 1.77. The molecule has 3 aromatic rings. The van der Waals surface area contributed by atoms with Gasteiger partial charge in [0.1, 0.15) is 0 Å². The van der Waals surface area contributed by atoms with Gasteiger partial charge < -0.3 is 5.32 Å². The third-order valence-electron chi connectivity index (χ3n) is 3.98. The van der Waals surface area contributed by atoms with Crippen LogP contribution in [-0.4, -0.2) is 19.7 Å². The fraction of sp³-hybridized carbons (Fsp3) is 0.278. The van der Waals surface area contributed by atoms with Crippen molar-refractivity contribution in [2.75, 3.05) is 5.32 Å². The summed E-state index contributed by atoms with van der Waals surface area (Å²) in [4.78, 5) is 19.3. The lowest BCUT2D eigenvalue weighted by Crippen LogP contribution is -2.18. The highest BCUT2D eigenvalue weighted by atomic mass is 35.5. The quantitative estimate of drug-likeness (QED) is 0.706. The Labute approximate surface area is 150 Å². The van der Waals surface area contributed by atoms with Crippen LogP contribution in [0.1, 0.15) is 37.1 Å². The molecule has 0 radical (unpaired) electrons. The Kier molecular flexibility index (Phi) is 5.19. The smallest absolute Gasteiger partial charge is 0.252 e. The lowest BCUT2D eigenvalue weighted by Gasteiger charge is -2.16. The maximum absolute atomic E-state index is 12.0. The summed E-state index contributed by atoms with van der Waals surface area (Å²) < 4.78 is 1.75. The van der Waals surface area contributed by atoms with Crippen LogP contribution in [0.2, 0.25) is 5.02 Å². The molecule has 0 aliphatic carbocycles. The summed E-state index contributed by atoms with van der Waals surface area (Å²) in [5.74, 6) is 0.482. The van der Waals surface area contributed by atoms with E-state index >= 15 is 0 Å². The van der Waals surface area contributed by atoms with Crippen LogP contribution in [0.25, 0.3) is 0 Å². The minimum atomic E-state index is -0.182. The third kappa shape index (κ3) is 4.48. The highest BCUT2D eigenvalue weighted by molar-refractivity contribution is 6.30. The van der Waals surface area contributed by atoms with E-state index in [9.17, 15) is 4.79 Å². The molecule has 0 aliphatic rings. The first-order valence-electron chi connectivity index (χ1n) is 8.12. The van der Waals surface area contributed by atoms with Crippen molar-refractivity contribution < 1.29 is 0 Å². The molecule has 0 amide bonds. The van der Waals surface area contributed by atoms with Crippen LogP contribution < -0.4 is 10.9 Å². The Hall–Kier alpha value is -2.60. The Morgan fingerprint density at radius 1 is 1.28 bits per heavy atom. The third-order valence-corrected chi connectivity index (χ3v) is 4.18. The number of halogens is 1. The van der Waals surface area contributed by atoms with Crippen LogP contribution in [0.4, 0.5) is 5.95 Å². The minimum Gasteiger partial charge on any atom is -0.349 e. The number of nitrogens with zero attached hydrogens (tertiary/aromatic N) is 3. The average Bonchev–Trinajstić information content (AvgIpc) is 3.00. The molecule has 2 aromatic heterocycles. The van der Waals surface area contributed by atoms with E-state index in [4.69, 9.17) is 11.6 Å². The van der Waals surface area contributed by atoms with Gasteiger partial charge in [-0.3, -0.25) is 14.5 Å². The molecule has 1 aromatic carbocycles. The number of rotatable bonds is 6. The van der Waals surface area contributed by atoms with Gasteiger partial charge in [-0.05, 0) is 12.5 Å². The van der Waals surface area contributed by atoms with Gasteiger partial charge >= 0.3 is 0 Å². The van der Waals surface area contributed by atoms with Crippen LogP contribution in [-0.2, 0) is 6.54 Å². The van der Waals surface area contributed by atoms with E-state index in [0.29, 0.717) is 23.2 Å². The van der Waals surface area contributed by atoms with E-state index in [1.807, 2.05) is 44.2 Å². The zero-order chi connectivity index (χ0) is 17.8. The molecule has 0 spiro atoms. The van der Waals surface area contributed by atoms with Gasteiger partial charge in [-0.15, -0.1) is 0 Å². The number of aromatic amines is 1. The van der Waals surface area contributed by atoms with Crippen molar-refractivity contribution in [3.8, 4) is 0 Å². The maximum atomic E-state index is 12.0. The van der Waals surface area contributed by atoms with Gasteiger partial charge in [0.15, 0.2) is 0 Å². The normalized spacial score (nSPS) is 13.4. The van der Waals surface area contributed by atoms with E-state index in [1.54, 1.807) is 17.1 Å². The summed E-state index contributed by atoms with van der Waals surface area (Å²) in [6.45, 7) is 4.62. The van der Waals surface area contributed by atoms with E-state index in [1.165, 1.54) is 6.07 Å². The number of hydrogen-bond donors (Lipinski definition) is 2. The van der Waals surface area contributed by atoms with Crippen LogP contribution in [0.15, 0.2) is 53.6 Å². The second kappa shape index (κ2) is 7.53. The maximum Gasteiger partial charge on any atom is 0.252 e. The molecule has 0 saturated carbocycles. The summed E-state index contributed by atoms with van der Waals surface area (Å²) in [6, 6.07) is 11.6. The number of anilines is 1. The molecule has 0 fully saturated rings. The molecule has 130 valence electrons. The Morgan fingerprint density at radius 2 is 2.04 bits per heavy atom. The fourth-order valence-electron chi connectivity index (χ4n) is 2.64. The lowest BCUT2D eigenvalue weighted by molar-refractivity contribution is 0.533. The predicted molar refractivity (Wildman–Crippen MR) is 99.0 cm³/mol. The monoisotopic (exact) mass is 357 g/mol. The molecule has 0 saturated heterocycles. The summed E-state index contributed by atoms with van der Waals surface area (Å²) in [5.41, 5.74) is 1.64. The lowest BCUT2D eigenvalue weighted by atomic mass is 10.1. The van der Waals surface area contributed by atoms with Crippen molar-refractivity contribution in [1.82, 2.24) is 19.7 Å². The standard InChI is InChI=1S/C18H20ClN5O/c1-12(10-24-11-15(19)9-20-24)16-8-17(25)23-18(22-16)21-13(2)14-6-4-3-5-7-14/h3-9,11-13H,10H2,1-2H3,(H2,21,22,23,25)/t12-,13-/m0/s1. The van der Waals surface area contributed by atoms with E-state index in [-0.39, 0.29) is 17.5 Å². The number of nitrogens with one attached hydrogen (secondary N) is 2. The van der Waals surface area contributed by atoms with Gasteiger partial charge in [-0.25, -0.2) is 4.98 Å². The molecular formula is C18H20ClN5O. The summed E-state index contributed by atoms with van der Waals surface area (Å²) in [6.07, 6.45) is 3.34. The largest absolute Gasteiger partial charge is 0.349 e. The summed E-state index contributed by atoms with van der Waals surface area (Å²) in [5, 5.41) is 8.01. The van der Waals surface area contributed by atoms with Crippen LogP contribution in [0.3, 0.4) is 0 Å². The number of H-pyrrole nitrogens is 1. The average molecular weight is 358 g/mol. The molecule has 25 heavy (non-hydrogen) atoms. The van der Waals surface area contributed by atoms with E-state index in [2.05, 4.69) is 20.4 Å². The minimum absolute atomic E-state index is 0.0193. The van der Waals surface area contributed by atoms with Gasteiger partial charge in [-0.1, -0.05) is 48.9 Å². The SMILES string of the molecule is C[C@H](Nc1nc([C@@H](C)Cn2cc(Cl)cn2)cc(=O)[nH]1)c1ccccc1. The zero-order valence-corrected chi connectivity index (χ0v) is 14.9. The highest BCUT2D eigenvalue weighted by Crippen LogP contribution is 2.19. The fourth-order valence-corrected chi connectivity index (χ4v) is 2.80. The molecule has 2 N–H and O–H groups in total. The highest BCUT2D eigenvalue weighted by Gasteiger charge is 2.13. The molecule has 0 aliphatic heterocycles. The second-order valence-electron chi connectivity index (χ2n) is 6.08. The van der Waals surface area contributed by atoms with Gasteiger partial charge in [-0.2, -0.15) is 5.10 Å². The van der Waals surface area contributed by atoms with Gasteiger partial charge in [0, 0.05) is 24.7 Å². The van der Waals surface area contributed by atoms with E-state index < -0.39 is 0 Å². The molecule has 6 nitrogen and oxygen atoms in total. The van der Waals surface area contributed by atoms with Crippen molar-refractivity contribution in [2.24, 2.45) is 0 Å². The number of hydrogen-bond acceptors (Lipinski definition) is 4. The van der Waals surface area contributed by atoms with Crippen LogP contribution in [0, 0.1) is 0 Å². The molecule has 2 atom stereocenters. The topological polar surface area (TPSA) is 75.6 Å². The van der Waals surface area contributed by atoms with Crippen molar-refractivity contribution in [3.05, 3.63) is 75.4 Å². The first kappa shape index (κ1) is 17.2. The molecule has 2 heterocycles. The van der Waals surface area contributed by atoms with Crippen molar-refractivity contribution in [1.29, 1.82) is 0 Å². The van der Waals surface area contributed by atoms with Crippen molar-refractivity contribution in [3.63, 3.8) is 0 Å². The first-order valence-corrected chi connectivity index (χ1v) is 8.50. The predicted octanol–water partition coefficient (Wildman–Crippen LogP) is 3.60. The molecule has 7 heteroatoms. The molecule has 3 rings (SSSR count). The van der Waals surface area contributed by atoms with E-state index in [0.717, 1.165) is 5.56 Å². The van der Waals surface area contributed by atoms with Gasteiger partial charge in [0.25, 0.3) is 5.56 Å². The van der Waals surface area contributed by atoms with Crippen molar-refractivity contribution >= 4 is 17.5 Å². The molecular weight excluding hydrogens is 338 g/mol. The second-order valence-corrected chi connectivity index (χ2v) is 6.51.